The summed E-state index contributed by atoms with van der Waals surface area (Å²) < 4.78 is 10.6. The Labute approximate surface area is 114 Å². The number of pyridine rings is 1. The minimum atomic E-state index is -0.454. The second-order valence-electron chi connectivity index (χ2n) is 4.76. The standard InChI is InChI=1S/C14H22N2O3/c1-10(2)9-19-11(3)13(17)16-8-12-6-5-7-15-14(12)18-4/h5-7,10-11H,8-9H2,1-4H3,(H,16,17)/t11-/m1/s1. The highest BCUT2D eigenvalue weighted by Crippen LogP contribution is 2.12. The number of nitrogens with zero attached hydrogens (tertiary/aromatic N) is 1. The quantitative estimate of drug-likeness (QED) is 0.817. The molecule has 0 radical (unpaired) electrons. The summed E-state index contributed by atoms with van der Waals surface area (Å²) in [4.78, 5) is 15.9. The fourth-order valence-corrected chi connectivity index (χ4v) is 1.48. The molecular formula is C14H22N2O3. The maximum atomic E-state index is 11.8. The molecule has 0 bridgehead atoms. The first-order valence-corrected chi connectivity index (χ1v) is 6.41. The molecule has 1 heterocycles. The van der Waals surface area contributed by atoms with Crippen molar-refractivity contribution in [2.75, 3.05) is 13.7 Å². The highest BCUT2D eigenvalue weighted by molar-refractivity contribution is 5.80. The van der Waals surface area contributed by atoms with E-state index in [-0.39, 0.29) is 5.91 Å². The van der Waals surface area contributed by atoms with Gasteiger partial charge in [0.15, 0.2) is 0 Å². The fraction of sp³-hybridized carbons (Fsp3) is 0.571. The van der Waals surface area contributed by atoms with Crippen LogP contribution in [0.1, 0.15) is 26.3 Å². The third-order valence-electron chi connectivity index (χ3n) is 2.55. The van der Waals surface area contributed by atoms with Crippen LogP contribution in [0.2, 0.25) is 0 Å². The lowest BCUT2D eigenvalue weighted by Gasteiger charge is -2.15. The van der Waals surface area contributed by atoms with Crippen molar-refractivity contribution in [3.63, 3.8) is 0 Å². The summed E-state index contributed by atoms with van der Waals surface area (Å²) in [6.07, 6.45) is 1.20. The topological polar surface area (TPSA) is 60.5 Å². The Morgan fingerprint density at radius 3 is 2.79 bits per heavy atom. The number of carbonyl (C=O) groups is 1. The lowest BCUT2D eigenvalue weighted by atomic mass is 10.2. The van der Waals surface area contributed by atoms with Crippen molar-refractivity contribution in [3.8, 4) is 5.88 Å². The summed E-state index contributed by atoms with van der Waals surface area (Å²) in [5.41, 5.74) is 0.842. The van der Waals surface area contributed by atoms with Crippen molar-refractivity contribution in [3.05, 3.63) is 23.9 Å². The van der Waals surface area contributed by atoms with Crippen molar-refractivity contribution in [1.29, 1.82) is 0 Å². The number of ether oxygens (including phenoxy) is 2. The molecule has 0 aromatic carbocycles. The number of hydrogen-bond donors (Lipinski definition) is 1. The van der Waals surface area contributed by atoms with Gasteiger partial charge in [0.1, 0.15) is 6.10 Å². The first-order chi connectivity index (χ1) is 9.04. The largest absolute Gasteiger partial charge is 0.481 e. The normalized spacial score (nSPS) is 12.3. The summed E-state index contributed by atoms with van der Waals surface area (Å²) in [6, 6.07) is 3.68. The average Bonchev–Trinajstić information content (AvgIpc) is 2.42. The van der Waals surface area contributed by atoms with Crippen LogP contribution >= 0.6 is 0 Å². The third kappa shape index (κ3) is 5.26. The highest BCUT2D eigenvalue weighted by Gasteiger charge is 2.14. The molecule has 1 aromatic rings. The van der Waals surface area contributed by atoms with Gasteiger partial charge in [-0.2, -0.15) is 0 Å². The van der Waals surface area contributed by atoms with E-state index < -0.39 is 6.10 Å². The molecule has 0 saturated carbocycles. The van der Waals surface area contributed by atoms with Gasteiger partial charge in [0.2, 0.25) is 11.8 Å². The van der Waals surface area contributed by atoms with Gasteiger partial charge < -0.3 is 14.8 Å². The monoisotopic (exact) mass is 266 g/mol. The van der Waals surface area contributed by atoms with E-state index in [1.54, 1.807) is 20.2 Å². The van der Waals surface area contributed by atoms with Gasteiger partial charge in [-0.15, -0.1) is 0 Å². The molecule has 0 saturated heterocycles. The molecule has 0 spiro atoms. The minimum absolute atomic E-state index is 0.133. The second-order valence-corrected chi connectivity index (χ2v) is 4.76. The maximum absolute atomic E-state index is 11.8. The van der Waals surface area contributed by atoms with Gasteiger partial charge in [-0.05, 0) is 18.9 Å². The van der Waals surface area contributed by atoms with Gasteiger partial charge in [-0.1, -0.05) is 19.9 Å². The molecule has 0 unspecified atom stereocenters. The molecule has 1 N–H and O–H groups in total. The van der Waals surface area contributed by atoms with E-state index in [0.717, 1.165) is 5.56 Å². The molecule has 0 aliphatic rings. The van der Waals surface area contributed by atoms with Crippen LogP contribution in [0.4, 0.5) is 0 Å². The minimum Gasteiger partial charge on any atom is -0.481 e. The molecule has 0 aliphatic heterocycles. The van der Waals surface area contributed by atoms with Crippen LogP contribution in [-0.4, -0.2) is 30.7 Å². The number of nitrogens with one attached hydrogen (secondary N) is 1. The summed E-state index contributed by atoms with van der Waals surface area (Å²) in [5.74, 6) is 0.804. The number of methoxy groups -OCH3 is 1. The number of amides is 1. The van der Waals surface area contributed by atoms with Crippen LogP contribution in [0.3, 0.4) is 0 Å². The second kappa shape index (κ2) is 7.74. The summed E-state index contributed by atoms with van der Waals surface area (Å²) in [5, 5.41) is 2.81. The molecule has 5 nitrogen and oxygen atoms in total. The van der Waals surface area contributed by atoms with Crippen molar-refractivity contribution in [1.82, 2.24) is 10.3 Å². The summed E-state index contributed by atoms with van der Waals surface area (Å²) >= 11 is 0. The van der Waals surface area contributed by atoms with E-state index >= 15 is 0 Å². The molecule has 5 heteroatoms. The fourth-order valence-electron chi connectivity index (χ4n) is 1.48. The smallest absolute Gasteiger partial charge is 0.249 e. The Bertz CT molecular complexity index is 407. The van der Waals surface area contributed by atoms with E-state index in [1.165, 1.54) is 0 Å². The molecule has 0 fully saturated rings. The predicted molar refractivity (Wildman–Crippen MR) is 72.9 cm³/mol. The van der Waals surface area contributed by atoms with Crippen LogP contribution in [0.25, 0.3) is 0 Å². The van der Waals surface area contributed by atoms with Crippen LogP contribution in [-0.2, 0) is 16.1 Å². The first kappa shape index (κ1) is 15.4. The Morgan fingerprint density at radius 2 is 2.16 bits per heavy atom. The number of aromatic nitrogens is 1. The molecule has 1 rings (SSSR count). The zero-order valence-corrected chi connectivity index (χ0v) is 12.0. The van der Waals surface area contributed by atoms with E-state index in [0.29, 0.717) is 24.9 Å². The van der Waals surface area contributed by atoms with Gasteiger partial charge in [0.25, 0.3) is 0 Å². The van der Waals surface area contributed by atoms with Gasteiger partial charge in [0.05, 0.1) is 7.11 Å². The molecule has 19 heavy (non-hydrogen) atoms. The van der Waals surface area contributed by atoms with E-state index in [9.17, 15) is 4.79 Å². The Morgan fingerprint density at radius 1 is 1.42 bits per heavy atom. The molecule has 1 aromatic heterocycles. The number of hydrogen-bond acceptors (Lipinski definition) is 4. The van der Waals surface area contributed by atoms with Crippen molar-refractivity contribution >= 4 is 5.91 Å². The van der Waals surface area contributed by atoms with Gasteiger partial charge in [0, 0.05) is 24.9 Å². The molecule has 1 amide bonds. The van der Waals surface area contributed by atoms with Crippen molar-refractivity contribution in [2.45, 2.75) is 33.4 Å². The van der Waals surface area contributed by atoms with Gasteiger partial charge in [-0.25, -0.2) is 4.98 Å². The molecule has 1 atom stereocenters. The third-order valence-corrected chi connectivity index (χ3v) is 2.55. The van der Waals surface area contributed by atoms with Crippen LogP contribution in [0.5, 0.6) is 5.88 Å². The van der Waals surface area contributed by atoms with Crippen molar-refractivity contribution < 1.29 is 14.3 Å². The number of carbonyl (C=O) groups excluding carboxylic acids is 1. The Hall–Kier alpha value is -1.62. The predicted octanol–water partition coefficient (Wildman–Crippen LogP) is 1.77. The van der Waals surface area contributed by atoms with Crippen LogP contribution in [0, 0.1) is 5.92 Å². The molecular weight excluding hydrogens is 244 g/mol. The van der Waals surface area contributed by atoms with Gasteiger partial charge in [-0.3, -0.25) is 4.79 Å². The first-order valence-electron chi connectivity index (χ1n) is 6.41. The van der Waals surface area contributed by atoms with Crippen LogP contribution < -0.4 is 10.1 Å². The van der Waals surface area contributed by atoms with Crippen LogP contribution in [0.15, 0.2) is 18.3 Å². The SMILES string of the molecule is COc1ncccc1CNC(=O)[C@@H](C)OCC(C)C. The maximum Gasteiger partial charge on any atom is 0.249 e. The molecule has 0 aliphatic carbocycles. The Kier molecular flexibility index (Phi) is 6.29. The Balaban J connectivity index is 2.45. The lowest BCUT2D eigenvalue weighted by Crippen LogP contribution is -2.34. The zero-order valence-electron chi connectivity index (χ0n) is 12.0. The summed E-state index contributed by atoms with van der Waals surface area (Å²) in [7, 11) is 1.56. The number of rotatable bonds is 7. The van der Waals surface area contributed by atoms with Gasteiger partial charge >= 0.3 is 0 Å². The van der Waals surface area contributed by atoms with E-state index in [1.807, 2.05) is 26.0 Å². The lowest BCUT2D eigenvalue weighted by molar-refractivity contribution is -0.132. The van der Waals surface area contributed by atoms with E-state index in [4.69, 9.17) is 9.47 Å². The summed E-state index contributed by atoms with van der Waals surface area (Å²) in [6.45, 7) is 6.80. The zero-order chi connectivity index (χ0) is 14.3. The highest BCUT2D eigenvalue weighted by atomic mass is 16.5. The van der Waals surface area contributed by atoms with E-state index in [2.05, 4.69) is 10.3 Å². The van der Waals surface area contributed by atoms with Crippen molar-refractivity contribution in [2.24, 2.45) is 5.92 Å². The molecule has 106 valence electrons. The average molecular weight is 266 g/mol.